The summed E-state index contributed by atoms with van der Waals surface area (Å²) in [4.78, 5) is 12.2. The monoisotopic (exact) mass is 467 g/mol. The number of guanidine groups is 1. The molecule has 3 rings (SSSR count). The number of para-hydroxylation sites is 2. The third-order valence-electron chi connectivity index (χ3n) is 3.96. The number of halogens is 1. The molecule has 1 aromatic carbocycles. The molecule has 0 aliphatic heterocycles. The van der Waals surface area contributed by atoms with Gasteiger partial charge in [-0.25, -0.2) is 4.98 Å². The van der Waals surface area contributed by atoms with Gasteiger partial charge in [0.2, 0.25) is 0 Å². The second-order valence-electron chi connectivity index (χ2n) is 5.85. The topological polar surface area (TPSA) is 82.9 Å². The number of imidazole rings is 1. The maximum absolute atomic E-state index is 4.60. The van der Waals surface area contributed by atoms with Gasteiger partial charge < -0.3 is 15.6 Å². The summed E-state index contributed by atoms with van der Waals surface area (Å²) in [5.74, 6) is 1.87. The van der Waals surface area contributed by atoms with Crippen LogP contribution in [0.15, 0.2) is 47.7 Å². The second-order valence-corrected chi connectivity index (χ2v) is 5.85. The van der Waals surface area contributed by atoms with Gasteiger partial charge in [-0.05, 0) is 31.0 Å². The van der Waals surface area contributed by atoms with Crippen molar-refractivity contribution in [2.75, 3.05) is 20.1 Å². The lowest BCUT2D eigenvalue weighted by Crippen LogP contribution is -2.38. The van der Waals surface area contributed by atoms with Crippen molar-refractivity contribution in [1.29, 1.82) is 0 Å². The number of nitrogens with one attached hydrogen (secondary N) is 3. The highest BCUT2D eigenvalue weighted by atomic mass is 127. The van der Waals surface area contributed by atoms with Crippen LogP contribution >= 0.6 is 24.0 Å². The van der Waals surface area contributed by atoms with E-state index in [0.29, 0.717) is 0 Å². The van der Waals surface area contributed by atoms with Crippen molar-refractivity contribution in [1.82, 2.24) is 30.4 Å². The van der Waals surface area contributed by atoms with E-state index in [4.69, 9.17) is 0 Å². The number of benzene rings is 1. The first-order valence-corrected chi connectivity index (χ1v) is 8.71. The highest BCUT2D eigenvalue weighted by molar-refractivity contribution is 14.0. The van der Waals surface area contributed by atoms with Gasteiger partial charge >= 0.3 is 0 Å². The summed E-state index contributed by atoms with van der Waals surface area (Å²) in [5.41, 5.74) is 2.13. The average molecular weight is 467 g/mol. The highest BCUT2D eigenvalue weighted by Gasteiger charge is 2.02. The van der Waals surface area contributed by atoms with Crippen LogP contribution in [-0.2, 0) is 13.0 Å². The van der Waals surface area contributed by atoms with Crippen LogP contribution in [0.5, 0.6) is 0 Å². The molecule has 3 aromatic rings. The first-order valence-electron chi connectivity index (χ1n) is 8.71. The SMILES string of the molecule is CN=C(NCCCc1nc2ccccc2[nH]1)NCCCn1cccn1.I. The van der Waals surface area contributed by atoms with Crippen molar-refractivity contribution in [3.8, 4) is 0 Å². The Morgan fingerprint density at radius 2 is 1.96 bits per heavy atom. The van der Waals surface area contributed by atoms with E-state index in [1.54, 1.807) is 13.2 Å². The lowest BCUT2D eigenvalue weighted by atomic mass is 10.3. The van der Waals surface area contributed by atoms with E-state index < -0.39 is 0 Å². The van der Waals surface area contributed by atoms with Gasteiger partial charge in [0.05, 0.1) is 11.0 Å². The third kappa shape index (κ3) is 6.01. The second kappa shape index (κ2) is 10.8. The quantitative estimate of drug-likeness (QED) is 0.206. The van der Waals surface area contributed by atoms with Gasteiger partial charge in [0.15, 0.2) is 5.96 Å². The van der Waals surface area contributed by atoms with Crippen LogP contribution in [0, 0.1) is 0 Å². The smallest absolute Gasteiger partial charge is 0.190 e. The zero-order valence-electron chi connectivity index (χ0n) is 15.0. The molecule has 26 heavy (non-hydrogen) atoms. The number of aromatic amines is 1. The van der Waals surface area contributed by atoms with E-state index >= 15 is 0 Å². The Morgan fingerprint density at radius 1 is 1.15 bits per heavy atom. The molecular weight excluding hydrogens is 441 g/mol. The van der Waals surface area contributed by atoms with Crippen molar-refractivity contribution < 1.29 is 0 Å². The molecule has 7 nitrogen and oxygen atoms in total. The van der Waals surface area contributed by atoms with E-state index in [2.05, 4.69) is 36.8 Å². The van der Waals surface area contributed by atoms with Crippen molar-refractivity contribution in [3.63, 3.8) is 0 Å². The van der Waals surface area contributed by atoms with E-state index in [0.717, 1.165) is 61.7 Å². The van der Waals surface area contributed by atoms with Crippen LogP contribution in [-0.4, -0.2) is 45.8 Å². The summed E-state index contributed by atoms with van der Waals surface area (Å²) in [5, 5.41) is 10.9. The number of aromatic nitrogens is 4. The van der Waals surface area contributed by atoms with Gasteiger partial charge in [0.25, 0.3) is 0 Å². The molecule has 0 radical (unpaired) electrons. The van der Waals surface area contributed by atoms with Crippen molar-refractivity contribution >= 4 is 41.0 Å². The van der Waals surface area contributed by atoms with Crippen LogP contribution in [0.3, 0.4) is 0 Å². The molecule has 0 bridgehead atoms. The molecule has 0 saturated carbocycles. The summed E-state index contributed by atoms with van der Waals surface area (Å²) in [6.07, 6.45) is 6.69. The van der Waals surface area contributed by atoms with Crippen LogP contribution < -0.4 is 10.6 Å². The molecule has 2 aromatic heterocycles. The number of hydrogen-bond acceptors (Lipinski definition) is 3. The number of hydrogen-bond donors (Lipinski definition) is 3. The summed E-state index contributed by atoms with van der Waals surface area (Å²) >= 11 is 0. The number of aryl methyl sites for hydroxylation is 2. The average Bonchev–Trinajstić information content (AvgIpc) is 3.29. The van der Waals surface area contributed by atoms with Gasteiger partial charge in [0, 0.05) is 45.5 Å². The van der Waals surface area contributed by atoms with E-state index in [-0.39, 0.29) is 24.0 Å². The Hall–Kier alpha value is -2.10. The first kappa shape index (κ1) is 20.2. The molecule has 2 heterocycles. The fourth-order valence-corrected chi connectivity index (χ4v) is 2.69. The summed E-state index contributed by atoms with van der Waals surface area (Å²) < 4.78 is 1.94. The summed E-state index contributed by atoms with van der Waals surface area (Å²) in [6, 6.07) is 10.1. The predicted octanol–water partition coefficient (Wildman–Crippen LogP) is 2.57. The normalized spacial score (nSPS) is 11.3. The zero-order chi connectivity index (χ0) is 17.3. The first-order chi connectivity index (χ1) is 12.3. The van der Waals surface area contributed by atoms with Crippen LogP contribution in [0.2, 0.25) is 0 Å². The van der Waals surface area contributed by atoms with Crippen molar-refractivity contribution in [3.05, 3.63) is 48.5 Å². The van der Waals surface area contributed by atoms with Gasteiger partial charge in [-0.15, -0.1) is 24.0 Å². The summed E-state index contributed by atoms with van der Waals surface area (Å²) in [6.45, 7) is 2.63. The minimum atomic E-state index is 0. The van der Waals surface area contributed by atoms with Gasteiger partial charge in [-0.1, -0.05) is 12.1 Å². The van der Waals surface area contributed by atoms with E-state index in [1.165, 1.54) is 0 Å². The van der Waals surface area contributed by atoms with E-state index in [1.807, 2.05) is 35.1 Å². The number of aliphatic imine (C=N–C) groups is 1. The largest absolute Gasteiger partial charge is 0.356 e. The molecule has 0 aliphatic carbocycles. The van der Waals surface area contributed by atoms with Crippen molar-refractivity contribution in [2.24, 2.45) is 4.99 Å². The Morgan fingerprint density at radius 3 is 2.69 bits per heavy atom. The fourth-order valence-electron chi connectivity index (χ4n) is 2.69. The minimum Gasteiger partial charge on any atom is -0.356 e. The molecule has 0 atom stereocenters. The molecule has 8 heteroatoms. The Bertz CT molecular complexity index is 762. The lowest BCUT2D eigenvalue weighted by molar-refractivity contribution is 0.570. The molecule has 0 unspecified atom stereocenters. The number of nitrogens with zero attached hydrogens (tertiary/aromatic N) is 4. The number of rotatable bonds is 8. The van der Waals surface area contributed by atoms with Gasteiger partial charge in [-0.2, -0.15) is 5.10 Å². The predicted molar refractivity (Wildman–Crippen MR) is 116 cm³/mol. The molecular formula is C18H26IN7. The maximum atomic E-state index is 4.60. The maximum Gasteiger partial charge on any atom is 0.190 e. The van der Waals surface area contributed by atoms with Crippen LogP contribution in [0.1, 0.15) is 18.7 Å². The summed E-state index contributed by atoms with van der Waals surface area (Å²) in [7, 11) is 1.79. The molecule has 0 spiro atoms. The van der Waals surface area contributed by atoms with Crippen LogP contribution in [0.4, 0.5) is 0 Å². The highest BCUT2D eigenvalue weighted by Crippen LogP contribution is 2.10. The molecule has 0 saturated heterocycles. The Kier molecular flexibility index (Phi) is 8.39. The van der Waals surface area contributed by atoms with Gasteiger partial charge in [-0.3, -0.25) is 9.67 Å². The Balaban J connectivity index is 0.00000243. The van der Waals surface area contributed by atoms with E-state index in [9.17, 15) is 0 Å². The van der Waals surface area contributed by atoms with Crippen molar-refractivity contribution in [2.45, 2.75) is 25.8 Å². The lowest BCUT2D eigenvalue weighted by Gasteiger charge is -2.11. The Labute approximate surface area is 170 Å². The minimum absolute atomic E-state index is 0. The molecule has 0 fully saturated rings. The molecule has 0 amide bonds. The standard InChI is InChI=1S/C18H25N7.HI/c1-19-18(21-11-5-13-25-14-6-12-22-25)20-10-4-9-17-23-15-7-2-3-8-16(15)24-17;/h2-3,6-8,12,14H,4-5,9-11,13H2,1H3,(H,23,24)(H2,19,20,21);1H. The molecule has 140 valence electrons. The van der Waals surface area contributed by atoms with Crippen LogP contribution in [0.25, 0.3) is 11.0 Å². The number of H-pyrrole nitrogens is 1. The number of fused-ring (bicyclic) bond motifs is 1. The third-order valence-corrected chi connectivity index (χ3v) is 3.96. The zero-order valence-corrected chi connectivity index (χ0v) is 17.3. The molecule has 0 aliphatic rings. The fraction of sp³-hybridized carbons (Fsp3) is 0.389. The van der Waals surface area contributed by atoms with Gasteiger partial charge in [0.1, 0.15) is 5.82 Å². The molecule has 3 N–H and O–H groups in total.